The third-order valence-corrected chi connectivity index (χ3v) is 4.95. The van der Waals surface area contributed by atoms with Crippen LogP contribution >= 0.6 is 0 Å². The van der Waals surface area contributed by atoms with Crippen LogP contribution in [0.1, 0.15) is 67.3 Å². The molecule has 2 bridgehead atoms. The van der Waals surface area contributed by atoms with Crippen LogP contribution in [0.2, 0.25) is 0 Å². The predicted molar refractivity (Wildman–Crippen MR) is 82.6 cm³/mol. The van der Waals surface area contributed by atoms with Gasteiger partial charge in [0.25, 0.3) is 0 Å². The zero-order chi connectivity index (χ0) is 17.9. The van der Waals surface area contributed by atoms with E-state index in [2.05, 4.69) is 16.9 Å². The Hall–Kier alpha value is -1.66. The van der Waals surface area contributed by atoms with Gasteiger partial charge in [0, 0.05) is 6.20 Å². The van der Waals surface area contributed by atoms with Gasteiger partial charge in [0.2, 0.25) is 0 Å². The lowest BCUT2D eigenvalue weighted by Gasteiger charge is -2.20. The van der Waals surface area contributed by atoms with E-state index in [4.69, 9.17) is 5.11 Å². The van der Waals surface area contributed by atoms with Crippen molar-refractivity contribution in [3.63, 3.8) is 0 Å². The number of hydrogen-bond acceptors (Lipinski definition) is 3. The van der Waals surface area contributed by atoms with Crippen LogP contribution in [0.4, 0.5) is 13.2 Å². The summed E-state index contributed by atoms with van der Waals surface area (Å²) in [5, 5.41) is 8.44. The van der Waals surface area contributed by atoms with E-state index in [0.717, 1.165) is 17.8 Å². The summed E-state index contributed by atoms with van der Waals surface area (Å²) in [4.78, 5) is 16.8. The molecular formula is C17H23F3N2O2. The van der Waals surface area contributed by atoms with Gasteiger partial charge in [-0.15, -0.1) is 0 Å². The Morgan fingerprint density at radius 3 is 2.50 bits per heavy atom. The summed E-state index contributed by atoms with van der Waals surface area (Å²) in [5.41, 5.74) is -2.36. The standard InChI is InChI=1S/C10H18.C7H5F3N2O2/c1-2-3-9-6-8-4-5-10(9)7-8;1-3-11-2-4(6(13)14)5(12-3)7(8,9)10/h8-10H,2-7H2,1H3;2H,1H3,(H,13,14)/t8?,9-,10?;/m1./s1. The van der Waals surface area contributed by atoms with Crippen molar-refractivity contribution in [2.75, 3.05) is 0 Å². The summed E-state index contributed by atoms with van der Waals surface area (Å²) in [7, 11) is 0. The van der Waals surface area contributed by atoms with Gasteiger partial charge < -0.3 is 5.11 Å². The maximum absolute atomic E-state index is 12.2. The number of aromatic nitrogens is 2. The van der Waals surface area contributed by atoms with E-state index in [0.29, 0.717) is 6.20 Å². The summed E-state index contributed by atoms with van der Waals surface area (Å²) in [6.45, 7) is 3.58. The highest BCUT2D eigenvalue weighted by molar-refractivity contribution is 5.88. The largest absolute Gasteiger partial charge is 0.478 e. The molecule has 1 heterocycles. The first-order valence-electron chi connectivity index (χ1n) is 8.36. The molecule has 2 unspecified atom stereocenters. The van der Waals surface area contributed by atoms with Crippen LogP contribution < -0.4 is 0 Å². The molecule has 4 nitrogen and oxygen atoms in total. The number of alkyl halides is 3. The zero-order valence-electron chi connectivity index (χ0n) is 13.9. The van der Waals surface area contributed by atoms with Crippen LogP contribution in [-0.2, 0) is 6.18 Å². The van der Waals surface area contributed by atoms with Crippen LogP contribution in [-0.4, -0.2) is 21.0 Å². The van der Waals surface area contributed by atoms with Gasteiger partial charge in [0.15, 0.2) is 5.69 Å². The van der Waals surface area contributed by atoms with Gasteiger partial charge in [-0.2, -0.15) is 13.2 Å². The number of carboxylic acids is 1. The molecule has 3 rings (SSSR count). The topological polar surface area (TPSA) is 63.1 Å². The number of halogens is 3. The molecule has 2 aliphatic rings. The molecule has 134 valence electrons. The van der Waals surface area contributed by atoms with Crippen LogP contribution in [0, 0.1) is 24.7 Å². The van der Waals surface area contributed by atoms with E-state index in [1.165, 1.54) is 19.8 Å². The Morgan fingerprint density at radius 2 is 2.04 bits per heavy atom. The van der Waals surface area contributed by atoms with E-state index in [-0.39, 0.29) is 5.82 Å². The van der Waals surface area contributed by atoms with Crippen molar-refractivity contribution in [2.24, 2.45) is 17.8 Å². The first-order valence-corrected chi connectivity index (χ1v) is 8.36. The summed E-state index contributed by atoms with van der Waals surface area (Å²) in [6, 6.07) is 0. The summed E-state index contributed by atoms with van der Waals surface area (Å²) < 4.78 is 36.7. The minimum atomic E-state index is -4.78. The first-order chi connectivity index (χ1) is 11.2. The van der Waals surface area contributed by atoms with E-state index in [1.54, 1.807) is 25.7 Å². The molecule has 1 N–H and O–H groups in total. The van der Waals surface area contributed by atoms with Crippen LogP contribution in [0.15, 0.2) is 6.20 Å². The van der Waals surface area contributed by atoms with Gasteiger partial charge in [-0.3, -0.25) is 0 Å². The third kappa shape index (κ3) is 4.45. The predicted octanol–water partition coefficient (Wildman–Crippen LogP) is 4.72. The minimum absolute atomic E-state index is 0.123. The second kappa shape index (κ2) is 7.49. The lowest BCUT2D eigenvalue weighted by molar-refractivity contribution is -0.141. The smallest absolute Gasteiger partial charge is 0.434 e. The van der Waals surface area contributed by atoms with Crippen molar-refractivity contribution < 1.29 is 23.1 Å². The fourth-order valence-corrected chi connectivity index (χ4v) is 3.94. The molecule has 7 heteroatoms. The Morgan fingerprint density at radius 1 is 1.33 bits per heavy atom. The Balaban J connectivity index is 0.000000182. The number of carbonyl (C=O) groups is 1. The summed E-state index contributed by atoms with van der Waals surface area (Å²) >= 11 is 0. The number of carboxylic acid groups (broad SMARTS) is 1. The fraction of sp³-hybridized carbons (Fsp3) is 0.706. The quantitative estimate of drug-likeness (QED) is 0.861. The molecule has 2 aliphatic carbocycles. The normalized spacial score (nSPS) is 25.3. The number of aryl methyl sites for hydroxylation is 1. The van der Waals surface area contributed by atoms with Crippen LogP contribution in [0.3, 0.4) is 0 Å². The molecule has 0 radical (unpaired) electrons. The van der Waals surface area contributed by atoms with Crippen molar-refractivity contribution in [1.82, 2.24) is 9.97 Å². The fourth-order valence-electron chi connectivity index (χ4n) is 3.94. The van der Waals surface area contributed by atoms with Crippen molar-refractivity contribution in [3.8, 4) is 0 Å². The Labute approximate surface area is 139 Å². The summed E-state index contributed by atoms with van der Waals surface area (Å²) in [6.07, 6.45) is 5.09. The molecule has 1 aromatic heterocycles. The molecular weight excluding hydrogens is 321 g/mol. The minimum Gasteiger partial charge on any atom is -0.478 e. The lowest BCUT2D eigenvalue weighted by atomic mass is 9.86. The number of rotatable bonds is 3. The number of aromatic carboxylic acids is 1. The van der Waals surface area contributed by atoms with Gasteiger partial charge in [-0.25, -0.2) is 14.8 Å². The van der Waals surface area contributed by atoms with E-state index in [9.17, 15) is 18.0 Å². The second-order valence-electron chi connectivity index (χ2n) is 6.71. The summed E-state index contributed by atoms with van der Waals surface area (Å²) in [5.74, 6) is 1.63. The van der Waals surface area contributed by atoms with Crippen molar-refractivity contribution in [1.29, 1.82) is 0 Å². The molecule has 0 saturated heterocycles. The highest BCUT2D eigenvalue weighted by atomic mass is 19.4. The molecule has 2 saturated carbocycles. The van der Waals surface area contributed by atoms with Crippen molar-refractivity contribution in [2.45, 2.75) is 58.5 Å². The zero-order valence-corrected chi connectivity index (χ0v) is 13.9. The molecule has 2 fully saturated rings. The average Bonchev–Trinajstić information content (AvgIpc) is 3.09. The number of fused-ring (bicyclic) bond motifs is 2. The molecule has 0 spiro atoms. The highest BCUT2D eigenvalue weighted by Gasteiger charge is 2.38. The van der Waals surface area contributed by atoms with Crippen molar-refractivity contribution >= 4 is 5.97 Å². The third-order valence-electron chi connectivity index (χ3n) is 4.95. The van der Waals surface area contributed by atoms with Gasteiger partial charge in [-0.1, -0.05) is 26.2 Å². The van der Waals surface area contributed by atoms with Crippen LogP contribution in [0.5, 0.6) is 0 Å². The monoisotopic (exact) mass is 344 g/mol. The van der Waals surface area contributed by atoms with Gasteiger partial charge >= 0.3 is 12.1 Å². The molecule has 24 heavy (non-hydrogen) atoms. The SMILES string of the molecule is CCC[C@@H]1CC2CCC1C2.Cc1ncc(C(=O)O)c(C(F)(F)F)n1. The van der Waals surface area contributed by atoms with Gasteiger partial charge in [0.05, 0.1) is 0 Å². The van der Waals surface area contributed by atoms with E-state index in [1.807, 2.05) is 0 Å². The van der Waals surface area contributed by atoms with E-state index >= 15 is 0 Å². The first kappa shape index (κ1) is 18.7. The second-order valence-corrected chi connectivity index (χ2v) is 6.71. The molecule has 0 aromatic carbocycles. The maximum Gasteiger partial charge on any atom is 0.434 e. The maximum atomic E-state index is 12.2. The average molecular weight is 344 g/mol. The van der Waals surface area contributed by atoms with Gasteiger partial charge in [0.1, 0.15) is 11.4 Å². The molecule has 3 atom stereocenters. The Bertz CT molecular complexity index is 590. The Kier molecular flexibility index (Phi) is 5.83. The number of hydrogen-bond donors (Lipinski definition) is 1. The molecule has 1 aromatic rings. The van der Waals surface area contributed by atoms with E-state index < -0.39 is 23.4 Å². The van der Waals surface area contributed by atoms with Gasteiger partial charge in [-0.05, 0) is 43.9 Å². The highest BCUT2D eigenvalue weighted by Crippen LogP contribution is 2.49. The number of nitrogens with zero attached hydrogens (tertiary/aromatic N) is 2. The molecule has 0 amide bonds. The van der Waals surface area contributed by atoms with Crippen LogP contribution in [0.25, 0.3) is 0 Å². The van der Waals surface area contributed by atoms with Crippen molar-refractivity contribution in [3.05, 3.63) is 23.3 Å². The molecule has 0 aliphatic heterocycles. The lowest BCUT2D eigenvalue weighted by Crippen LogP contribution is -2.16.